The highest BCUT2D eigenvalue weighted by atomic mass is 32.2. The van der Waals surface area contributed by atoms with E-state index in [-0.39, 0.29) is 16.6 Å². The number of hydrogen-bond acceptors (Lipinski definition) is 4. The molecule has 1 heterocycles. The number of hydrogen-bond donors (Lipinski definition) is 2. The molecule has 3 amide bonds. The molecule has 1 aliphatic heterocycles. The number of amides is 3. The summed E-state index contributed by atoms with van der Waals surface area (Å²) in [6.07, 6.45) is 2.50. The van der Waals surface area contributed by atoms with Crippen molar-refractivity contribution in [3.8, 4) is 0 Å². The summed E-state index contributed by atoms with van der Waals surface area (Å²) in [6, 6.07) is 12.4. The summed E-state index contributed by atoms with van der Waals surface area (Å²) >= 11 is 0. The van der Waals surface area contributed by atoms with Crippen LogP contribution in [0.2, 0.25) is 0 Å². The van der Waals surface area contributed by atoms with Crippen molar-refractivity contribution >= 4 is 33.2 Å². The standard InChI is InChI=1S/C20H21N3O4S/c1-23(11-13-2-4-14(5-3-13)15-6-7-15)20(25)21-16-8-9-17-18(10-16)28(26,27)12-19(24)22-17/h2-5,8-10,15H,6-7,11-12H2,1H3,(H,21,25)(H,22,24). The van der Waals surface area contributed by atoms with Crippen LogP contribution in [0.5, 0.6) is 0 Å². The molecule has 0 atom stereocenters. The Bertz CT molecular complexity index is 1040. The molecule has 1 saturated carbocycles. The van der Waals surface area contributed by atoms with Gasteiger partial charge in [0.1, 0.15) is 5.75 Å². The largest absolute Gasteiger partial charge is 0.324 e. The SMILES string of the molecule is CN(Cc1ccc(C2CC2)cc1)C(=O)Nc1ccc2c(c1)S(=O)(=O)CC(=O)N2. The third kappa shape index (κ3) is 3.87. The molecular formula is C20H21N3O4S. The lowest BCUT2D eigenvalue weighted by molar-refractivity contribution is -0.114. The lowest BCUT2D eigenvalue weighted by atomic mass is 10.1. The van der Waals surface area contributed by atoms with E-state index in [4.69, 9.17) is 0 Å². The molecule has 8 heteroatoms. The summed E-state index contributed by atoms with van der Waals surface area (Å²) in [6.45, 7) is 0.441. The van der Waals surface area contributed by atoms with Crippen molar-refractivity contribution in [2.24, 2.45) is 0 Å². The van der Waals surface area contributed by atoms with Gasteiger partial charge in [-0.05, 0) is 48.1 Å². The summed E-state index contributed by atoms with van der Waals surface area (Å²) in [5.74, 6) is -0.453. The van der Waals surface area contributed by atoms with E-state index in [1.807, 2.05) is 12.1 Å². The van der Waals surface area contributed by atoms with Crippen LogP contribution in [-0.4, -0.2) is 38.1 Å². The van der Waals surface area contributed by atoms with Crippen LogP contribution in [0, 0.1) is 0 Å². The van der Waals surface area contributed by atoms with Gasteiger partial charge < -0.3 is 15.5 Å². The van der Waals surface area contributed by atoms with Crippen LogP contribution in [0.25, 0.3) is 0 Å². The van der Waals surface area contributed by atoms with Crippen LogP contribution in [0.4, 0.5) is 16.2 Å². The number of anilines is 2. The van der Waals surface area contributed by atoms with Gasteiger partial charge >= 0.3 is 6.03 Å². The number of nitrogens with one attached hydrogen (secondary N) is 2. The second-order valence-electron chi connectivity index (χ2n) is 7.32. The maximum Gasteiger partial charge on any atom is 0.321 e. The average molecular weight is 399 g/mol. The predicted molar refractivity (Wildman–Crippen MR) is 106 cm³/mol. The lowest BCUT2D eigenvalue weighted by Crippen LogP contribution is -2.31. The molecule has 0 aromatic heterocycles. The summed E-state index contributed by atoms with van der Waals surface area (Å²) in [4.78, 5) is 25.5. The number of carbonyl (C=O) groups is 2. The first-order valence-electron chi connectivity index (χ1n) is 9.09. The van der Waals surface area contributed by atoms with E-state index in [0.717, 1.165) is 5.56 Å². The third-order valence-electron chi connectivity index (χ3n) is 4.96. The summed E-state index contributed by atoms with van der Waals surface area (Å²) < 4.78 is 24.4. The number of benzene rings is 2. The minimum Gasteiger partial charge on any atom is -0.324 e. The van der Waals surface area contributed by atoms with Crippen molar-refractivity contribution in [1.82, 2.24) is 4.90 Å². The van der Waals surface area contributed by atoms with Gasteiger partial charge in [-0.2, -0.15) is 0 Å². The molecule has 0 spiro atoms. The van der Waals surface area contributed by atoms with E-state index in [9.17, 15) is 18.0 Å². The molecule has 146 valence electrons. The fraction of sp³-hybridized carbons (Fsp3) is 0.300. The first-order valence-corrected chi connectivity index (χ1v) is 10.7. The van der Waals surface area contributed by atoms with E-state index in [1.165, 1.54) is 35.4 Å². The molecule has 0 unspecified atom stereocenters. The highest BCUT2D eigenvalue weighted by Gasteiger charge is 2.29. The Kier molecular flexibility index (Phi) is 4.58. The number of rotatable bonds is 4. The molecule has 2 aromatic carbocycles. The van der Waals surface area contributed by atoms with Crippen molar-refractivity contribution < 1.29 is 18.0 Å². The van der Waals surface area contributed by atoms with E-state index in [0.29, 0.717) is 18.2 Å². The number of sulfone groups is 1. The number of nitrogens with zero attached hydrogens (tertiary/aromatic N) is 1. The third-order valence-corrected chi connectivity index (χ3v) is 6.61. The molecular weight excluding hydrogens is 378 g/mol. The van der Waals surface area contributed by atoms with Crippen molar-refractivity contribution in [1.29, 1.82) is 0 Å². The fourth-order valence-electron chi connectivity index (χ4n) is 3.27. The summed E-state index contributed by atoms with van der Waals surface area (Å²) in [7, 11) is -2.02. The molecule has 28 heavy (non-hydrogen) atoms. The molecule has 7 nitrogen and oxygen atoms in total. The van der Waals surface area contributed by atoms with Crippen LogP contribution in [0.1, 0.15) is 29.9 Å². The first-order chi connectivity index (χ1) is 13.3. The molecule has 0 saturated heterocycles. The Labute approximate surface area is 163 Å². The zero-order chi connectivity index (χ0) is 19.9. The maximum absolute atomic E-state index is 12.5. The number of carbonyl (C=O) groups excluding carboxylic acids is 2. The topological polar surface area (TPSA) is 95.6 Å². The Morgan fingerprint density at radius 1 is 1.18 bits per heavy atom. The molecule has 0 radical (unpaired) electrons. The monoisotopic (exact) mass is 399 g/mol. The Balaban J connectivity index is 1.43. The van der Waals surface area contributed by atoms with Crippen LogP contribution < -0.4 is 10.6 Å². The van der Waals surface area contributed by atoms with E-state index < -0.39 is 21.5 Å². The van der Waals surface area contributed by atoms with Crippen LogP contribution in [0.3, 0.4) is 0 Å². The van der Waals surface area contributed by atoms with Crippen molar-refractivity contribution in [2.75, 3.05) is 23.4 Å². The van der Waals surface area contributed by atoms with Gasteiger partial charge in [-0.25, -0.2) is 13.2 Å². The van der Waals surface area contributed by atoms with Gasteiger partial charge in [0.25, 0.3) is 0 Å². The minimum atomic E-state index is -3.70. The first kappa shape index (κ1) is 18.5. The number of urea groups is 1. The second kappa shape index (κ2) is 6.94. The van der Waals surface area contributed by atoms with Crippen molar-refractivity contribution in [2.45, 2.75) is 30.2 Å². The number of fused-ring (bicyclic) bond motifs is 1. The zero-order valence-corrected chi connectivity index (χ0v) is 16.3. The van der Waals surface area contributed by atoms with Crippen molar-refractivity contribution in [3.05, 3.63) is 53.6 Å². The van der Waals surface area contributed by atoms with Gasteiger partial charge in [-0.15, -0.1) is 0 Å². The Morgan fingerprint density at radius 2 is 1.89 bits per heavy atom. The molecule has 1 aliphatic carbocycles. The van der Waals surface area contributed by atoms with Crippen LogP contribution >= 0.6 is 0 Å². The quantitative estimate of drug-likeness (QED) is 0.826. The van der Waals surface area contributed by atoms with Crippen LogP contribution in [0.15, 0.2) is 47.4 Å². The van der Waals surface area contributed by atoms with Crippen molar-refractivity contribution in [3.63, 3.8) is 0 Å². The Hall–Kier alpha value is -2.87. The molecule has 2 N–H and O–H groups in total. The van der Waals surface area contributed by atoms with E-state index >= 15 is 0 Å². The lowest BCUT2D eigenvalue weighted by Gasteiger charge is -2.20. The smallest absolute Gasteiger partial charge is 0.321 e. The summed E-state index contributed by atoms with van der Waals surface area (Å²) in [5.41, 5.74) is 2.97. The maximum atomic E-state index is 12.5. The normalized spacial score (nSPS) is 17.4. The molecule has 1 fully saturated rings. The highest BCUT2D eigenvalue weighted by molar-refractivity contribution is 7.92. The average Bonchev–Trinajstić information content (AvgIpc) is 3.47. The Morgan fingerprint density at radius 3 is 2.57 bits per heavy atom. The molecule has 2 aromatic rings. The van der Waals surface area contributed by atoms with Gasteiger partial charge in [0.2, 0.25) is 5.91 Å². The van der Waals surface area contributed by atoms with Gasteiger partial charge in [0.15, 0.2) is 9.84 Å². The molecule has 2 aliphatic rings. The van der Waals surface area contributed by atoms with Gasteiger partial charge in [0.05, 0.1) is 10.6 Å². The zero-order valence-electron chi connectivity index (χ0n) is 15.4. The van der Waals surface area contributed by atoms with E-state index in [2.05, 4.69) is 22.8 Å². The fourth-order valence-corrected chi connectivity index (χ4v) is 4.61. The molecule has 0 bridgehead atoms. The molecule has 4 rings (SSSR count). The van der Waals surface area contributed by atoms with Gasteiger partial charge in [0, 0.05) is 19.3 Å². The summed E-state index contributed by atoms with van der Waals surface area (Å²) in [5, 5.41) is 5.24. The van der Waals surface area contributed by atoms with Gasteiger partial charge in [-0.3, -0.25) is 4.79 Å². The van der Waals surface area contributed by atoms with Crippen LogP contribution in [-0.2, 0) is 21.2 Å². The van der Waals surface area contributed by atoms with E-state index in [1.54, 1.807) is 13.1 Å². The highest BCUT2D eigenvalue weighted by Crippen LogP contribution is 2.39. The minimum absolute atomic E-state index is 0.0169. The predicted octanol–water partition coefficient (Wildman–Crippen LogP) is 2.95. The van der Waals surface area contributed by atoms with Gasteiger partial charge in [-0.1, -0.05) is 24.3 Å². The second-order valence-corrected chi connectivity index (χ2v) is 9.28.